The molecule has 14 heavy (non-hydrogen) atoms. The summed E-state index contributed by atoms with van der Waals surface area (Å²) in [5, 5.41) is 2.89. The summed E-state index contributed by atoms with van der Waals surface area (Å²) in [6, 6.07) is 0. The van der Waals surface area contributed by atoms with Gasteiger partial charge >= 0.3 is 189 Å². The molecule has 0 aromatic rings. The molecule has 1 N–H and O–H groups in total. The summed E-state index contributed by atoms with van der Waals surface area (Å²) in [7, 11) is 0. The van der Waals surface area contributed by atoms with Crippen molar-refractivity contribution in [1.29, 1.82) is 0 Å². The topological polar surface area (TPSA) is 12.0 Å². The monoisotopic (exact) mass is 1890 g/mol. The number of hydrogen-bond donors (Lipinski definition) is 1. The zero-order chi connectivity index (χ0) is 12.8. The maximum absolute atomic E-state index is 2.99. The second kappa shape index (κ2) is 60.4. The number of nitrogens with one attached hydrogen (secondary N) is 1. The van der Waals surface area contributed by atoms with Crippen molar-refractivity contribution in [2.45, 2.75) is 0 Å². The van der Waals surface area contributed by atoms with Crippen LogP contribution in [0.4, 0.5) is 0 Å². The first-order valence-electron chi connectivity index (χ1n) is 2.03. The van der Waals surface area contributed by atoms with Crippen LogP contribution in [0.5, 0.6) is 0 Å². The van der Waals surface area contributed by atoms with Crippen molar-refractivity contribution in [2.24, 2.45) is 0 Å². The quantitative estimate of drug-likeness (QED) is 0.217. The second-order valence-corrected chi connectivity index (χ2v) is 2.37. The Morgan fingerprint density at radius 3 is 1.07 bits per heavy atom. The van der Waals surface area contributed by atoms with Crippen molar-refractivity contribution in [3.05, 3.63) is 0 Å². The van der Waals surface area contributed by atoms with Crippen LogP contribution in [0, 0.1) is 0 Å². The van der Waals surface area contributed by atoms with Crippen molar-refractivity contribution >= 4 is 8.93 Å². The van der Waals surface area contributed by atoms with E-state index < -0.39 is 0 Å². The molecule has 0 heterocycles. The van der Waals surface area contributed by atoms with Gasteiger partial charge in [0.05, 0.1) is 0 Å². The Hall–Kier alpha value is 6.58. The third kappa shape index (κ3) is 62.6. The van der Waals surface area contributed by atoms with E-state index in [0.717, 1.165) is 6.54 Å². The molecule has 0 radical (unpaired) electrons. The molecular weight excluding hydrogens is 1890 g/mol. The number of rotatable bonds is 3. The third-order valence-corrected chi connectivity index (χ3v) is 1.27. The summed E-state index contributed by atoms with van der Waals surface area (Å²) in [6.07, 6.45) is 0. The van der Waals surface area contributed by atoms with Gasteiger partial charge in [0.1, 0.15) is 0 Å². The van der Waals surface area contributed by atoms with E-state index in [1.165, 1.54) is 38.7 Å². The average Bonchev–Trinajstić information content (AvgIpc) is 2.36. The fraction of sp³-hybridized carbons (Fsp3) is 0.333. The van der Waals surface area contributed by atoms with Gasteiger partial charge in [-0.1, -0.05) is 0 Å². The molecule has 0 saturated heterocycles. The normalized spacial score (nSPS) is 4.29. The molecule has 0 aliphatic heterocycles. The molecule has 0 aromatic heterocycles. The third-order valence-electron chi connectivity index (χ3n) is 0.233. The van der Waals surface area contributed by atoms with E-state index in [4.69, 9.17) is 0 Å². The van der Waals surface area contributed by atoms with Crippen LogP contribution < -0.4 is 5.32 Å². The van der Waals surface area contributed by atoms with Gasteiger partial charge in [-0.3, -0.25) is 0 Å². The predicted molar refractivity (Wildman–Crippen MR) is 18.0 cm³/mol. The Kier molecular flexibility index (Phi) is 140. The summed E-state index contributed by atoms with van der Waals surface area (Å²) in [5.74, 6) is 0. The van der Waals surface area contributed by atoms with Gasteiger partial charge in [0.15, 0.2) is 0 Å². The molecule has 0 atom stereocenters. The number of hydrogen-bond acceptors (Lipinski definition) is 1. The van der Waals surface area contributed by atoms with Crippen LogP contribution in [-0.4, -0.2) is 15.5 Å². The first-order chi connectivity index (χ1) is 6.91. The molecule has 0 unspecified atom stereocenters. The molecule has 11 heteroatoms. The van der Waals surface area contributed by atoms with Gasteiger partial charge in [-0.2, -0.15) is 0 Å². The van der Waals surface area contributed by atoms with E-state index in [9.17, 15) is 0 Å². The van der Waals surface area contributed by atoms with E-state index in [1.807, 2.05) is 0 Å². The van der Waals surface area contributed by atoms with Crippen molar-refractivity contribution in [3.63, 3.8) is 0 Å². The van der Waals surface area contributed by atoms with Gasteiger partial charge in [-0.15, -0.1) is 0 Å². The van der Waals surface area contributed by atoms with Crippen molar-refractivity contribution in [2.75, 3.05) is 6.54 Å². The molecule has 0 amide bonds. The van der Waals surface area contributed by atoms with E-state index in [-0.39, 0.29) is 0 Å². The van der Waals surface area contributed by atoms with Gasteiger partial charge in [-0.25, -0.2) is 0 Å². The average molecular weight is 1890 g/mol. The molecule has 0 fully saturated rings. The first kappa shape index (κ1) is 32.5. The van der Waals surface area contributed by atoms with E-state index >= 15 is 0 Å². The Morgan fingerprint density at radius 1 is 0.714 bits per heavy atom. The Morgan fingerprint density at radius 2 is 1.00 bits per heavy atom. The zero-order valence-electron chi connectivity index (χ0n) is 6.29. The van der Waals surface area contributed by atoms with Crippen LogP contribution in [-0.2, 0) is 168 Å². The molecule has 0 aliphatic carbocycles. The Labute approximate surface area is 184 Å². The Bertz CT molecular complexity index is 81.4. The SMILES string of the molecule is [W]=[C-]CN[C-]=[W].[W]=[W].[W]=[W].[W]=[W].[W]=[W]. The van der Waals surface area contributed by atoms with Crippen LogP contribution in [0.3, 0.4) is 0 Å². The van der Waals surface area contributed by atoms with Crippen LogP contribution >= 0.6 is 0 Å². The molecule has 0 rings (SSSR count). The summed E-state index contributed by atoms with van der Waals surface area (Å²) in [4.78, 5) is 0. The first-order valence-corrected chi connectivity index (χ1v) is 49.0. The van der Waals surface area contributed by atoms with Crippen molar-refractivity contribution < 1.29 is 168 Å². The summed E-state index contributed by atoms with van der Waals surface area (Å²) >= 11 is 16.1. The van der Waals surface area contributed by atoms with Gasteiger partial charge in [0.25, 0.3) is 0 Å². The molecule has 1 nitrogen and oxygen atoms in total. The molecule has 0 aromatic carbocycles. The van der Waals surface area contributed by atoms with E-state index in [1.54, 1.807) is 130 Å². The molecule has 0 bridgehead atoms. The zero-order valence-corrected chi connectivity index (χ0v) is 35.6. The van der Waals surface area contributed by atoms with Crippen LogP contribution in [0.15, 0.2) is 0 Å². The molecular formula is C3H3NW10-2. The predicted octanol–water partition coefficient (Wildman–Crippen LogP) is -1.03. The summed E-state index contributed by atoms with van der Waals surface area (Å²) in [6.45, 7) is 0.860. The fourth-order valence-electron chi connectivity index (χ4n) is 0.0722. The molecule has 0 saturated carbocycles. The molecule has 0 spiro atoms. The van der Waals surface area contributed by atoms with Crippen LogP contribution in [0.2, 0.25) is 0 Å². The van der Waals surface area contributed by atoms with Crippen LogP contribution in [0.1, 0.15) is 0 Å². The van der Waals surface area contributed by atoms with Gasteiger partial charge in [-0.05, 0) is 0 Å². The van der Waals surface area contributed by atoms with Crippen molar-refractivity contribution in [3.8, 4) is 0 Å². The standard InChI is InChI=1S/C3H3N.10W/c1-3-4-2;;;;;;;;;;/h4H,3H2;;;;;;;;;;/q-2;;;;;;;;;;. The fourth-order valence-corrected chi connectivity index (χ4v) is 0.591. The maximum atomic E-state index is 2.99. The summed E-state index contributed by atoms with van der Waals surface area (Å²) in [5.41, 5.74) is 0. The minimum atomic E-state index is 0.860. The van der Waals surface area contributed by atoms with Gasteiger partial charge in [0, 0.05) is 0 Å². The minimum absolute atomic E-state index is 0.860. The van der Waals surface area contributed by atoms with Gasteiger partial charge in [0.2, 0.25) is 0 Å². The Balaban J connectivity index is -0.0000000287. The molecule has 0 aliphatic rings. The summed E-state index contributed by atoms with van der Waals surface area (Å²) < 4.78 is 5.84. The van der Waals surface area contributed by atoms with E-state index in [0.29, 0.717) is 0 Å². The molecule has 82 valence electrons. The van der Waals surface area contributed by atoms with E-state index in [2.05, 4.69) is 14.2 Å². The van der Waals surface area contributed by atoms with Gasteiger partial charge < -0.3 is 0 Å². The second-order valence-electron chi connectivity index (χ2n) is 0.600. The van der Waals surface area contributed by atoms with Crippen molar-refractivity contribution in [1.82, 2.24) is 5.32 Å². The van der Waals surface area contributed by atoms with Crippen LogP contribution in [0.25, 0.3) is 0 Å².